The fraction of sp³-hybridized carbons (Fsp3) is 0.353. The topological polar surface area (TPSA) is 65.1 Å². The summed E-state index contributed by atoms with van der Waals surface area (Å²) in [5, 5.41) is 2.82. The number of hydrogen-bond donors (Lipinski definition) is 2. The highest BCUT2D eigenvalue weighted by atomic mass is 16.5. The molecule has 1 amide bonds. The van der Waals surface area contributed by atoms with Gasteiger partial charge in [0.1, 0.15) is 12.4 Å². The van der Waals surface area contributed by atoms with Crippen LogP contribution in [0.1, 0.15) is 16.3 Å². The standard InChI is InChI=1S/C17H22N2O4/c1-19(2)11-10-18-17(20)16-9-8-13(23-16)12-22-15-7-5-4-6-14(15)21-3/h4-9H,10-12H2,1-3H3,(H,18,20)/p+1. The van der Waals surface area contributed by atoms with E-state index in [2.05, 4.69) is 5.32 Å². The Morgan fingerprint density at radius 1 is 1.17 bits per heavy atom. The van der Waals surface area contributed by atoms with Crippen molar-refractivity contribution in [3.05, 3.63) is 47.9 Å². The van der Waals surface area contributed by atoms with Gasteiger partial charge in [-0.1, -0.05) is 12.1 Å². The van der Waals surface area contributed by atoms with Crippen molar-refractivity contribution in [2.24, 2.45) is 0 Å². The zero-order valence-corrected chi connectivity index (χ0v) is 13.7. The molecule has 2 rings (SSSR count). The number of hydrogen-bond acceptors (Lipinski definition) is 4. The van der Waals surface area contributed by atoms with E-state index < -0.39 is 0 Å². The molecular weight excluding hydrogens is 296 g/mol. The van der Waals surface area contributed by atoms with Gasteiger partial charge in [-0.15, -0.1) is 0 Å². The Hall–Kier alpha value is -2.47. The number of para-hydroxylation sites is 2. The first kappa shape index (κ1) is 16.9. The number of likely N-dealkylation sites (N-methyl/N-ethyl adjacent to an activating group) is 1. The summed E-state index contributed by atoms with van der Waals surface area (Å²) in [4.78, 5) is 13.2. The third-order valence-corrected chi connectivity index (χ3v) is 3.24. The summed E-state index contributed by atoms with van der Waals surface area (Å²) in [6, 6.07) is 10.8. The van der Waals surface area contributed by atoms with Crippen LogP contribution in [0.2, 0.25) is 0 Å². The van der Waals surface area contributed by atoms with Crippen molar-refractivity contribution >= 4 is 5.91 Å². The second kappa shape index (κ2) is 8.24. The second-order valence-electron chi connectivity index (χ2n) is 5.42. The summed E-state index contributed by atoms with van der Waals surface area (Å²) in [6.07, 6.45) is 0. The van der Waals surface area contributed by atoms with Crippen molar-refractivity contribution in [2.75, 3.05) is 34.3 Å². The van der Waals surface area contributed by atoms with Crippen molar-refractivity contribution in [3.8, 4) is 11.5 Å². The second-order valence-corrected chi connectivity index (χ2v) is 5.42. The van der Waals surface area contributed by atoms with Crippen LogP contribution in [-0.2, 0) is 6.61 Å². The van der Waals surface area contributed by atoms with E-state index in [9.17, 15) is 4.79 Å². The fourth-order valence-electron chi connectivity index (χ4n) is 1.98. The predicted octanol–water partition coefficient (Wildman–Crippen LogP) is 0.742. The van der Waals surface area contributed by atoms with E-state index in [4.69, 9.17) is 13.9 Å². The minimum Gasteiger partial charge on any atom is -0.493 e. The predicted molar refractivity (Wildman–Crippen MR) is 86.0 cm³/mol. The van der Waals surface area contributed by atoms with Crippen molar-refractivity contribution in [2.45, 2.75) is 6.61 Å². The van der Waals surface area contributed by atoms with E-state index in [0.717, 1.165) is 6.54 Å². The van der Waals surface area contributed by atoms with E-state index in [1.807, 2.05) is 38.4 Å². The van der Waals surface area contributed by atoms with Gasteiger partial charge in [-0.25, -0.2) is 0 Å². The van der Waals surface area contributed by atoms with Crippen LogP contribution in [0.5, 0.6) is 11.5 Å². The Labute approximate surface area is 136 Å². The molecule has 0 fully saturated rings. The molecule has 6 heteroatoms. The Bertz CT molecular complexity index is 637. The average molecular weight is 319 g/mol. The summed E-state index contributed by atoms with van der Waals surface area (Å²) < 4.78 is 16.4. The molecule has 1 aromatic carbocycles. The Balaban J connectivity index is 1.88. The molecule has 2 aromatic rings. The molecule has 0 spiro atoms. The van der Waals surface area contributed by atoms with Crippen LogP contribution in [0.4, 0.5) is 0 Å². The highest BCUT2D eigenvalue weighted by Crippen LogP contribution is 2.26. The average Bonchev–Trinajstić information content (AvgIpc) is 3.01. The summed E-state index contributed by atoms with van der Waals surface area (Å²) in [7, 11) is 5.66. The number of quaternary nitrogens is 1. The van der Waals surface area contributed by atoms with Gasteiger partial charge in [0.05, 0.1) is 34.3 Å². The molecule has 1 aromatic heterocycles. The number of ether oxygens (including phenoxy) is 2. The number of furan rings is 1. The van der Waals surface area contributed by atoms with Gasteiger partial charge in [-0.05, 0) is 24.3 Å². The highest BCUT2D eigenvalue weighted by Gasteiger charge is 2.12. The third kappa shape index (κ3) is 5.03. The smallest absolute Gasteiger partial charge is 0.287 e. The van der Waals surface area contributed by atoms with Crippen LogP contribution in [0.25, 0.3) is 0 Å². The van der Waals surface area contributed by atoms with Crippen molar-refractivity contribution in [1.82, 2.24) is 5.32 Å². The van der Waals surface area contributed by atoms with E-state index in [1.165, 1.54) is 4.90 Å². The molecule has 6 nitrogen and oxygen atoms in total. The third-order valence-electron chi connectivity index (χ3n) is 3.24. The Morgan fingerprint density at radius 3 is 2.61 bits per heavy atom. The molecule has 0 atom stereocenters. The molecule has 0 radical (unpaired) electrons. The van der Waals surface area contributed by atoms with Gasteiger partial charge in [0.25, 0.3) is 5.91 Å². The van der Waals surface area contributed by atoms with Gasteiger partial charge in [-0.2, -0.15) is 0 Å². The normalized spacial score (nSPS) is 10.6. The first-order chi connectivity index (χ1) is 11.1. The van der Waals surface area contributed by atoms with E-state index >= 15 is 0 Å². The number of carbonyl (C=O) groups excluding carboxylic acids is 1. The van der Waals surface area contributed by atoms with Gasteiger partial charge in [0.2, 0.25) is 0 Å². The van der Waals surface area contributed by atoms with Crippen LogP contribution >= 0.6 is 0 Å². The number of carbonyl (C=O) groups is 1. The number of nitrogens with one attached hydrogen (secondary N) is 2. The number of amides is 1. The maximum Gasteiger partial charge on any atom is 0.287 e. The Morgan fingerprint density at radius 2 is 1.91 bits per heavy atom. The lowest BCUT2D eigenvalue weighted by molar-refractivity contribution is -0.856. The molecule has 23 heavy (non-hydrogen) atoms. The maximum atomic E-state index is 11.9. The molecule has 0 saturated carbocycles. The summed E-state index contributed by atoms with van der Waals surface area (Å²) >= 11 is 0. The van der Waals surface area contributed by atoms with E-state index in [0.29, 0.717) is 23.8 Å². The van der Waals surface area contributed by atoms with Crippen LogP contribution < -0.4 is 19.7 Å². The first-order valence-electron chi connectivity index (χ1n) is 7.52. The molecule has 0 aliphatic heterocycles. The molecule has 1 heterocycles. The maximum absolute atomic E-state index is 11.9. The molecule has 0 saturated heterocycles. The van der Waals surface area contributed by atoms with Gasteiger partial charge < -0.3 is 24.1 Å². The minimum absolute atomic E-state index is 0.213. The van der Waals surface area contributed by atoms with Crippen LogP contribution in [0.15, 0.2) is 40.8 Å². The van der Waals surface area contributed by atoms with E-state index in [-0.39, 0.29) is 18.3 Å². The minimum atomic E-state index is -0.213. The summed E-state index contributed by atoms with van der Waals surface area (Å²) in [5.74, 6) is 1.95. The Kier molecular flexibility index (Phi) is 6.05. The lowest BCUT2D eigenvalue weighted by Crippen LogP contribution is -3.06. The first-order valence-corrected chi connectivity index (χ1v) is 7.52. The molecule has 124 valence electrons. The molecule has 0 aliphatic rings. The lowest BCUT2D eigenvalue weighted by Gasteiger charge is -2.09. The number of benzene rings is 1. The molecule has 0 unspecified atom stereocenters. The number of methoxy groups -OCH3 is 1. The highest BCUT2D eigenvalue weighted by molar-refractivity contribution is 5.91. The van der Waals surface area contributed by atoms with Crippen LogP contribution in [0, 0.1) is 0 Å². The van der Waals surface area contributed by atoms with Gasteiger partial charge in [-0.3, -0.25) is 4.79 Å². The number of rotatable bonds is 8. The van der Waals surface area contributed by atoms with Crippen LogP contribution in [-0.4, -0.2) is 40.2 Å². The van der Waals surface area contributed by atoms with Crippen molar-refractivity contribution in [1.29, 1.82) is 0 Å². The van der Waals surface area contributed by atoms with Gasteiger partial charge in [0.15, 0.2) is 17.3 Å². The lowest BCUT2D eigenvalue weighted by atomic mass is 10.3. The fourth-order valence-corrected chi connectivity index (χ4v) is 1.98. The van der Waals surface area contributed by atoms with Gasteiger partial charge >= 0.3 is 0 Å². The van der Waals surface area contributed by atoms with E-state index in [1.54, 1.807) is 19.2 Å². The largest absolute Gasteiger partial charge is 0.493 e. The van der Waals surface area contributed by atoms with Crippen molar-refractivity contribution in [3.63, 3.8) is 0 Å². The summed E-state index contributed by atoms with van der Waals surface area (Å²) in [5.41, 5.74) is 0. The SMILES string of the molecule is COc1ccccc1OCc1ccc(C(=O)NCC[NH+](C)C)o1. The molecule has 2 N–H and O–H groups in total. The van der Waals surface area contributed by atoms with Crippen LogP contribution in [0.3, 0.4) is 0 Å². The molecule has 0 aliphatic carbocycles. The van der Waals surface area contributed by atoms with Gasteiger partial charge in [0, 0.05) is 0 Å². The summed E-state index contributed by atoms with van der Waals surface area (Å²) in [6.45, 7) is 1.70. The molecule has 0 bridgehead atoms. The zero-order valence-electron chi connectivity index (χ0n) is 13.7. The zero-order chi connectivity index (χ0) is 16.7. The van der Waals surface area contributed by atoms with Crippen molar-refractivity contribution < 1.29 is 23.6 Å². The molecular formula is C17H23N2O4+. The quantitative estimate of drug-likeness (QED) is 0.753. The monoisotopic (exact) mass is 319 g/mol.